The van der Waals surface area contributed by atoms with Crippen molar-refractivity contribution in [3.63, 3.8) is 0 Å². The molecule has 3 aliphatic carbocycles. The van der Waals surface area contributed by atoms with Crippen LogP contribution in [0.15, 0.2) is 24.6 Å². The molecular weight excluding hydrogens is 400 g/mol. The van der Waals surface area contributed by atoms with Gasteiger partial charge < -0.3 is 0 Å². The first-order valence-corrected chi connectivity index (χ1v) is 12.9. The van der Waals surface area contributed by atoms with Gasteiger partial charge in [0, 0.05) is 5.92 Å². The van der Waals surface area contributed by atoms with E-state index in [1.54, 1.807) is 0 Å². The first-order chi connectivity index (χ1) is 14.8. The van der Waals surface area contributed by atoms with Crippen molar-refractivity contribution in [3.8, 4) is 0 Å². The number of hydrogen-bond donors (Lipinski definition) is 0. The molecule has 3 saturated carbocycles. The first kappa shape index (κ1) is 24.8. The van der Waals surface area contributed by atoms with E-state index in [1.165, 1.54) is 77.0 Å². The number of hydrogen-bond acceptors (Lipinski definition) is 0. The standard InChI is InChI=1S/C27H42F4/c1-2-3-4-20-7-13-23(14-8-20)24-15-9-21(10-16-24)5-6-22-11-17-25(18-12-22)26(28)19-27(29,30)31/h2,19-25H,1,3-18H2/b26-19-. The molecule has 0 atom stereocenters. The SMILES string of the molecule is C=CCCC1CCC(C2CCC(CCC3CCC(/C(F)=C/C(F)(F)F)CC3)CC2)CC1. The molecule has 0 aliphatic heterocycles. The van der Waals surface area contributed by atoms with Crippen molar-refractivity contribution >= 4 is 0 Å². The van der Waals surface area contributed by atoms with Crippen LogP contribution in [0.4, 0.5) is 17.6 Å². The summed E-state index contributed by atoms with van der Waals surface area (Å²) in [6, 6.07) is 0. The maximum absolute atomic E-state index is 13.8. The van der Waals surface area contributed by atoms with E-state index in [0.717, 1.165) is 36.5 Å². The van der Waals surface area contributed by atoms with Crippen LogP contribution in [0.2, 0.25) is 0 Å². The molecule has 0 aromatic heterocycles. The highest BCUT2D eigenvalue weighted by Gasteiger charge is 2.32. The Morgan fingerprint density at radius 1 is 0.677 bits per heavy atom. The number of allylic oxidation sites excluding steroid dienone is 3. The van der Waals surface area contributed by atoms with Crippen LogP contribution in [0.25, 0.3) is 0 Å². The van der Waals surface area contributed by atoms with Crippen molar-refractivity contribution in [2.75, 3.05) is 0 Å². The zero-order valence-electron chi connectivity index (χ0n) is 19.2. The monoisotopic (exact) mass is 442 g/mol. The first-order valence-electron chi connectivity index (χ1n) is 12.9. The van der Waals surface area contributed by atoms with Gasteiger partial charge in [0.25, 0.3) is 0 Å². The average Bonchev–Trinajstić information content (AvgIpc) is 2.76. The maximum atomic E-state index is 13.8. The minimum Gasteiger partial charge on any atom is -0.212 e. The number of rotatable bonds is 8. The molecule has 31 heavy (non-hydrogen) atoms. The Morgan fingerprint density at radius 3 is 1.52 bits per heavy atom. The smallest absolute Gasteiger partial charge is 0.212 e. The quantitative estimate of drug-likeness (QED) is 0.259. The zero-order valence-corrected chi connectivity index (χ0v) is 19.2. The maximum Gasteiger partial charge on any atom is 0.412 e. The summed E-state index contributed by atoms with van der Waals surface area (Å²) in [5.41, 5.74) is 0. The fourth-order valence-electron chi connectivity index (χ4n) is 6.72. The second kappa shape index (κ2) is 11.9. The summed E-state index contributed by atoms with van der Waals surface area (Å²) in [5.74, 6) is 2.77. The van der Waals surface area contributed by atoms with E-state index in [0.29, 0.717) is 18.8 Å². The minimum absolute atomic E-state index is 0.135. The van der Waals surface area contributed by atoms with E-state index >= 15 is 0 Å². The molecule has 0 N–H and O–H groups in total. The molecule has 0 amide bonds. The number of alkyl halides is 3. The molecule has 0 bridgehead atoms. The van der Waals surface area contributed by atoms with Gasteiger partial charge in [0.15, 0.2) is 0 Å². The Bertz CT molecular complexity index is 554. The van der Waals surface area contributed by atoms with Crippen molar-refractivity contribution in [2.24, 2.45) is 35.5 Å². The Labute approximate surface area is 186 Å². The Balaban J connectivity index is 1.29. The molecule has 3 aliphatic rings. The van der Waals surface area contributed by atoms with E-state index in [1.807, 2.05) is 0 Å². The van der Waals surface area contributed by atoms with Crippen LogP contribution in [-0.4, -0.2) is 6.18 Å². The largest absolute Gasteiger partial charge is 0.412 e. The lowest BCUT2D eigenvalue weighted by molar-refractivity contribution is -0.0821. The van der Waals surface area contributed by atoms with Crippen LogP contribution >= 0.6 is 0 Å². The van der Waals surface area contributed by atoms with Gasteiger partial charge in [0.05, 0.1) is 6.08 Å². The molecule has 4 heteroatoms. The summed E-state index contributed by atoms with van der Waals surface area (Å²) >= 11 is 0. The van der Waals surface area contributed by atoms with Gasteiger partial charge >= 0.3 is 6.18 Å². The van der Waals surface area contributed by atoms with E-state index in [2.05, 4.69) is 12.7 Å². The predicted octanol–water partition coefficient (Wildman–Crippen LogP) is 9.57. The highest BCUT2D eigenvalue weighted by Crippen LogP contribution is 2.44. The molecule has 0 heterocycles. The van der Waals surface area contributed by atoms with E-state index in [4.69, 9.17) is 0 Å². The second-order valence-corrected chi connectivity index (χ2v) is 10.8. The molecule has 0 radical (unpaired) electrons. The second-order valence-electron chi connectivity index (χ2n) is 10.8. The van der Waals surface area contributed by atoms with Crippen molar-refractivity contribution in [1.29, 1.82) is 0 Å². The fourth-order valence-corrected chi connectivity index (χ4v) is 6.72. The number of halogens is 4. The summed E-state index contributed by atoms with van der Waals surface area (Å²) in [7, 11) is 0. The van der Waals surface area contributed by atoms with Crippen LogP contribution in [0.1, 0.15) is 103 Å². The molecule has 0 aromatic carbocycles. The zero-order chi connectivity index (χ0) is 22.3. The summed E-state index contributed by atoms with van der Waals surface area (Å²) in [6.45, 7) is 3.85. The molecule has 3 fully saturated rings. The van der Waals surface area contributed by atoms with Gasteiger partial charge in [-0.25, -0.2) is 4.39 Å². The third-order valence-electron chi connectivity index (χ3n) is 8.75. The topological polar surface area (TPSA) is 0 Å². The molecular formula is C27H42F4. The van der Waals surface area contributed by atoms with Gasteiger partial charge in [-0.1, -0.05) is 44.6 Å². The molecule has 178 valence electrons. The lowest BCUT2D eigenvalue weighted by Crippen LogP contribution is -2.26. The van der Waals surface area contributed by atoms with Gasteiger partial charge in [-0.2, -0.15) is 13.2 Å². The van der Waals surface area contributed by atoms with Gasteiger partial charge in [-0.05, 0) is 93.8 Å². The lowest BCUT2D eigenvalue weighted by Gasteiger charge is -2.38. The van der Waals surface area contributed by atoms with E-state index < -0.39 is 17.9 Å². The highest BCUT2D eigenvalue weighted by molar-refractivity contribution is 5.03. The molecule has 0 nitrogen and oxygen atoms in total. The molecule has 0 saturated heterocycles. The Kier molecular flexibility index (Phi) is 9.52. The minimum atomic E-state index is -4.54. The van der Waals surface area contributed by atoms with E-state index in [9.17, 15) is 17.6 Å². The Hall–Kier alpha value is -0.800. The van der Waals surface area contributed by atoms with Crippen molar-refractivity contribution in [1.82, 2.24) is 0 Å². The van der Waals surface area contributed by atoms with E-state index in [-0.39, 0.29) is 6.08 Å². The average molecular weight is 443 g/mol. The van der Waals surface area contributed by atoms with Crippen LogP contribution in [0.5, 0.6) is 0 Å². The molecule has 3 rings (SSSR count). The summed E-state index contributed by atoms with van der Waals surface area (Å²) in [6.07, 6.45) is 16.4. The molecule has 0 unspecified atom stereocenters. The van der Waals surface area contributed by atoms with Gasteiger partial charge in [-0.3, -0.25) is 0 Å². The van der Waals surface area contributed by atoms with Crippen LogP contribution < -0.4 is 0 Å². The molecule has 0 aromatic rings. The normalized spacial score (nSPS) is 35.7. The lowest BCUT2D eigenvalue weighted by atomic mass is 9.68. The van der Waals surface area contributed by atoms with Gasteiger partial charge in [-0.15, -0.1) is 6.58 Å². The summed E-state index contributed by atoms with van der Waals surface area (Å²) < 4.78 is 50.9. The summed E-state index contributed by atoms with van der Waals surface area (Å²) in [5, 5.41) is 0. The molecule has 0 spiro atoms. The Morgan fingerprint density at radius 2 is 1.10 bits per heavy atom. The highest BCUT2D eigenvalue weighted by atomic mass is 19.4. The van der Waals surface area contributed by atoms with Crippen LogP contribution in [0, 0.1) is 35.5 Å². The van der Waals surface area contributed by atoms with Crippen molar-refractivity contribution < 1.29 is 17.6 Å². The van der Waals surface area contributed by atoms with Gasteiger partial charge in [0.2, 0.25) is 0 Å². The summed E-state index contributed by atoms with van der Waals surface area (Å²) in [4.78, 5) is 0. The third-order valence-corrected chi connectivity index (χ3v) is 8.75. The fraction of sp³-hybridized carbons (Fsp3) is 0.852. The third kappa shape index (κ3) is 8.24. The van der Waals surface area contributed by atoms with Crippen LogP contribution in [-0.2, 0) is 0 Å². The predicted molar refractivity (Wildman–Crippen MR) is 120 cm³/mol. The van der Waals surface area contributed by atoms with Crippen molar-refractivity contribution in [2.45, 2.75) is 109 Å². The van der Waals surface area contributed by atoms with Gasteiger partial charge in [0.1, 0.15) is 5.83 Å². The van der Waals surface area contributed by atoms with Crippen molar-refractivity contribution in [3.05, 3.63) is 24.6 Å². The van der Waals surface area contributed by atoms with Crippen LogP contribution in [0.3, 0.4) is 0 Å².